The van der Waals surface area contributed by atoms with Crippen LogP contribution in [0.1, 0.15) is 43.7 Å². The van der Waals surface area contributed by atoms with E-state index in [4.69, 9.17) is 4.74 Å². The van der Waals surface area contributed by atoms with Gasteiger partial charge in [-0.15, -0.1) is 5.10 Å². The molecule has 1 aromatic heterocycles. The van der Waals surface area contributed by atoms with Crippen molar-refractivity contribution < 1.29 is 9.53 Å². The lowest BCUT2D eigenvalue weighted by Gasteiger charge is -2.32. The summed E-state index contributed by atoms with van der Waals surface area (Å²) in [5, 5.41) is 7.93. The summed E-state index contributed by atoms with van der Waals surface area (Å²) < 4.78 is 7.08. The average Bonchev–Trinajstić information content (AvgIpc) is 3.16. The number of ether oxygens (including phenoxy) is 1. The van der Waals surface area contributed by atoms with Gasteiger partial charge in [0.05, 0.1) is 19.3 Å². The Hall–Kier alpha value is -2.37. The van der Waals surface area contributed by atoms with E-state index in [0.717, 1.165) is 31.7 Å². The van der Waals surface area contributed by atoms with Crippen molar-refractivity contribution in [1.82, 2.24) is 19.9 Å². The minimum Gasteiger partial charge on any atom is -0.497 e. The minimum absolute atomic E-state index is 0.205. The molecule has 0 spiro atoms. The summed E-state index contributed by atoms with van der Waals surface area (Å²) in [4.78, 5) is 14.5. The molecule has 0 aliphatic carbocycles. The van der Waals surface area contributed by atoms with Gasteiger partial charge < -0.3 is 9.64 Å². The standard InChI is InChI=1S/C18H24N4O2/c1-14(15-3-5-17(24-2)6-4-15)13-18(23)21-10-7-16(8-11-21)22-12-9-19-20-22/h3-6,9,12,14,16H,7-8,10-11,13H2,1-2H3. The molecule has 0 saturated carbocycles. The van der Waals surface area contributed by atoms with E-state index in [1.54, 1.807) is 13.3 Å². The van der Waals surface area contributed by atoms with Crippen molar-refractivity contribution in [3.8, 4) is 5.75 Å². The number of nitrogens with zero attached hydrogens (tertiary/aromatic N) is 4. The highest BCUT2D eigenvalue weighted by Gasteiger charge is 2.25. The highest BCUT2D eigenvalue weighted by atomic mass is 16.5. The first-order valence-electron chi connectivity index (χ1n) is 8.45. The molecule has 6 nitrogen and oxygen atoms in total. The fraction of sp³-hybridized carbons (Fsp3) is 0.500. The van der Waals surface area contributed by atoms with Crippen LogP contribution in [0.5, 0.6) is 5.75 Å². The molecule has 1 fully saturated rings. The molecular weight excluding hydrogens is 304 g/mol. The topological polar surface area (TPSA) is 60.2 Å². The summed E-state index contributed by atoms with van der Waals surface area (Å²) in [5.41, 5.74) is 1.17. The molecule has 1 saturated heterocycles. The first-order chi connectivity index (χ1) is 11.7. The summed E-state index contributed by atoms with van der Waals surface area (Å²) in [5.74, 6) is 1.28. The molecule has 1 unspecified atom stereocenters. The van der Waals surface area contributed by atoms with Gasteiger partial charge in [-0.05, 0) is 36.5 Å². The van der Waals surface area contributed by atoms with Crippen LogP contribution in [0, 0.1) is 0 Å². The number of amides is 1. The fourth-order valence-electron chi connectivity index (χ4n) is 3.23. The first kappa shape index (κ1) is 16.5. The van der Waals surface area contributed by atoms with Crippen LogP contribution in [-0.4, -0.2) is 46.0 Å². The summed E-state index contributed by atoms with van der Waals surface area (Å²) in [6, 6.07) is 8.32. The number of methoxy groups -OCH3 is 1. The molecule has 1 amide bonds. The van der Waals surface area contributed by atoms with E-state index in [1.165, 1.54) is 5.56 Å². The molecule has 1 aliphatic rings. The molecule has 128 valence electrons. The third kappa shape index (κ3) is 3.75. The van der Waals surface area contributed by atoms with E-state index in [1.807, 2.05) is 40.0 Å². The molecule has 1 atom stereocenters. The molecule has 3 rings (SSSR count). The lowest BCUT2D eigenvalue weighted by molar-refractivity contribution is -0.132. The zero-order valence-electron chi connectivity index (χ0n) is 14.3. The quantitative estimate of drug-likeness (QED) is 0.846. The lowest BCUT2D eigenvalue weighted by Crippen LogP contribution is -2.39. The number of piperidine rings is 1. The number of likely N-dealkylation sites (tertiary alicyclic amines) is 1. The van der Waals surface area contributed by atoms with E-state index in [0.29, 0.717) is 12.5 Å². The third-order valence-corrected chi connectivity index (χ3v) is 4.80. The number of benzene rings is 1. The van der Waals surface area contributed by atoms with Crippen molar-refractivity contribution in [1.29, 1.82) is 0 Å². The number of aromatic nitrogens is 3. The summed E-state index contributed by atoms with van der Waals surface area (Å²) in [7, 11) is 1.66. The fourth-order valence-corrected chi connectivity index (χ4v) is 3.23. The summed E-state index contributed by atoms with van der Waals surface area (Å²) >= 11 is 0. The number of carbonyl (C=O) groups is 1. The van der Waals surface area contributed by atoms with Gasteiger partial charge in [0.25, 0.3) is 0 Å². The van der Waals surface area contributed by atoms with Crippen LogP contribution in [-0.2, 0) is 4.79 Å². The molecule has 0 radical (unpaired) electrons. The van der Waals surface area contributed by atoms with Gasteiger partial charge in [-0.2, -0.15) is 0 Å². The zero-order valence-corrected chi connectivity index (χ0v) is 14.3. The highest BCUT2D eigenvalue weighted by molar-refractivity contribution is 5.77. The van der Waals surface area contributed by atoms with Crippen LogP contribution in [0.2, 0.25) is 0 Å². The van der Waals surface area contributed by atoms with Crippen LogP contribution in [0.25, 0.3) is 0 Å². The monoisotopic (exact) mass is 328 g/mol. The maximum atomic E-state index is 12.6. The van der Waals surface area contributed by atoms with Gasteiger partial charge in [0.15, 0.2) is 0 Å². The highest BCUT2D eigenvalue weighted by Crippen LogP contribution is 2.25. The number of carbonyl (C=O) groups excluding carboxylic acids is 1. The molecule has 0 bridgehead atoms. The second-order valence-corrected chi connectivity index (χ2v) is 6.37. The van der Waals surface area contributed by atoms with Crippen molar-refractivity contribution in [2.24, 2.45) is 0 Å². The molecule has 2 heterocycles. The smallest absolute Gasteiger partial charge is 0.223 e. The molecular formula is C18H24N4O2. The zero-order chi connectivity index (χ0) is 16.9. The molecule has 24 heavy (non-hydrogen) atoms. The second kappa shape index (κ2) is 7.47. The second-order valence-electron chi connectivity index (χ2n) is 6.37. The van der Waals surface area contributed by atoms with E-state index in [9.17, 15) is 4.79 Å². The van der Waals surface area contributed by atoms with Gasteiger partial charge in [0, 0.05) is 25.7 Å². The normalized spacial score (nSPS) is 16.8. The first-order valence-corrected chi connectivity index (χ1v) is 8.45. The third-order valence-electron chi connectivity index (χ3n) is 4.80. The summed E-state index contributed by atoms with van der Waals surface area (Å²) in [6.45, 7) is 3.68. The largest absolute Gasteiger partial charge is 0.497 e. The van der Waals surface area contributed by atoms with Gasteiger partial charge in [-0.3, -0.25) is 4.79 Å². The van der Waals surface area contributed by atoms with Gasteiger partial charge >= 0.3 is 0 Å². The van der Waals surface area contributed by atoms with E-state index < -0.39 is 0 Å². The van der Waals surface area contributed by atoms with E-state index in [-0.39, 0.29) is 11.8 Å². The van der Waals surface area contributed by atoms with Crippen LogP contribution < -0.4 is 4.74 Å². The molecule has 2 aromatic rings. The van der Waals surface area contributed by atoms with Crippen LogP contribution in [0.4, 0.5) is 0 Å². The Morgan fingerprint density at radius 3 is 2.58 bits per heavy atom. The molecule has 1 aromatic carbocycles. The van der Waals surface area contributed by atoms with Crippen molar-refractivity contribution >= 4 is 5.91 Å². The molecule has 6 heteroatoms. The van der Waals surface area contributed by atoms with Gasteiger partial charge in [-0.25, -0.2) is 4.68 Å². The maximum absolute atomic E-state index is 12.6. The maximum Gasteiger partial charge on any atom is 0.223 e. The van der Waals surface area contributed by atoms with Crippen LogP contribution in [0.3, 0.4) is 0 Å². The lowest BCUT2D eigenvalue weighted by atomic mass is 9.96. The Balaban J connectivity index is 1.51. The minimum atomic E-state index is 0.205. The SMILES string of the molecule is COc1ccc(C(C)CC(=O)N2CCC(n3ccnn3)CC2)cc1. The Bertz CT molecular complexity index is 646. The van der Waals surface area contributed by atoms with Gasteiger partial charge in [0.1, 0.15) is 5.75 Å². The van der Waals surface area contributed by atoms with E-state index >= 15 is 0 Å². The Kier molecular flexibility index (Phi) is 5.13. The molecule has 1 aliphatic heterocycles. The van der Waals surface area contributed by atoms with Crippen LogP contribution in [0.15, 0.2) is 36.7 Å². The number of rotatable bonds is 5. The summed E-state index contributed by atoms with van der Waals surface area (Å²) in [6.07, 6.45) is 6.01. The Morgan fingerprint density at radius 2 is 2.00 bits per heavy atom. The van der Waals surface area contributed by atoms with Gasteiger partial charge in [-0.1, -0.05) is 24.3 Å². The van der Waals surface area contributed by atoms with Crippen molar-refractivity contribution in [3.05, 3.63) is 42.2 Å². The van der Waals surface area contributed by atoms with Crippen molar-refractivity contribution in [2.45, 2.75) is 38.1 Å². The van der Waals surface area contributed by atoms with Crippen molar-refractivity contribution in [2.75, 3.05) is 20.2 Å². The number of hydrogen-bond acceptors (Lipinski definition) is 4. The predicted molar refractivity (Wildman–Crippen MR) is 90.9 cm³/mol. The Labute approximate surface area is 142 Å². The average molecular weight is 328 g/mol. The number of hydrogen-bond donors (Lipinski definition) is 0. The van der Waals surface area contributed by atoms with Crippen molar-refractivity contribution in [3.63, 3.8) is 0 Å². The molecule has 0 N–H and O–H groups in total. The van der Waals surface area contributed by atoms with Crippen LogP contribution >= 0.6 is 0 Å². The van der Waals surface area contributed by atoms with Gasteiger partial charge in [0.2, 0.25) is 5.91 Å². The Morgan fingerprint density at radius 1 is 1.29 bits per heavy atom. The predicted octanol–water partition coefficient (Wildman–Crippen LogP) is 2.64. The van der Waals surface area contributed by atoms with E-state index in [2.05, 4.69) is 17.2 Å².